The molecule has 68 valence electrons. The van der Waals surface area contributed by atoms with Crippen molar-refractivity contribution >= 4 is 17.5 Å². The van der Waals surface area contributed by atoms with Crippen LogP contribution in [0.1, 0.15) is 15.9 Å². The number of benzene rings is 1. The normalized spacial score (nSPS) is 9.54. The van der Waals surface area contributed by atoms with Gasteiger partial charge in [-0.25, -0.2) is 4.79 Å². The summed E-state index contributed by atoms with van der Waals surface area (Å²) in [5.74, 6) is -1.30. The van der Waals surface area contributed by atoms with E-state index in [4.69, 9.17) is 22.0 Å². The number of carboxylic acids is 1. The maximum atomic E-state index is 10.5. The van der Waals surface area contributed by atoms with E-state index >= 15 is 0 Å². The van der Waals surface area contributed by atoms with Crippen molar-refractivity contribution in [3.05, 3.63) is 29.3 Å². The average molecular weight is 179 g/mol. The predicted octanol–water partition coefficient (Wildman–Crippen LogP) is 0.251. The van der Waals surface area contributed by atoms with E-state index in [0.717, 1.165) is 0 Å². The maximum Gasteiger partial charge on any atom is 0.335 e. The first-order valence-electron chi connectivity index (χ1n) is 3.49. The van der Waals surface area contributed by atoms with Gasteiger partial charge in [0.25, 0.3) is 0 Å². The van der Waals surface area contributed by atoms with Crippen molar-refractivity contribution in [3.8, 4) is 0 Å². The first kappa shape index (κ1) is 9.05. The van der Waals surface area contributed by atoms with Crippen LogP contribution in [0.4, 0.5) is 5.69 Å². The van der Waals surface area contributed by atoms with E-state index in [1.165, 1.54) is 18.2 Å². The van der Waals surface area contributed by atoms with Gasteiger partial charge in [0.1, 0.15) is 5.84 Å². The molecule has 13 heavy (non-hydrogen) atoms. The van der Waals surface area contributed by atoms with Crippen molar-refractivity contribution in [2.75, 3.05) is 5.73 Å². The van der Waals surface area contributed by atoms with Crippen molar-refractivity contribution in [1.29, 1.82) is 5.41 Å². The van der Waals surface area contributed by atoms with E-state index in [2.05, 4.69) is 0 Å². The molecule has 0 fully saturated rings. The molecule has 1 aromatic rings. The zero-order chi connectivity index (χ0) is 10.0. The zero-order valence-electron chi connectivity index (χ0n) is 6.74. The van der Waals surface area contributed by atoms with Crippen LogP contribution in [0.2, 0.25) is 0 Å². The first-order valence-corrected chi connectivity index (χ1v) is 3.49. The van der Waals surface area contributed by atoms with Gasteiger partial charge in [0.2, 0.25) is 0 Å². The van der Waals surface area contributed by atoms with Crippen molar-refractivity contribution in [2.24, 2.45) is 5.73 Å². The topological polar surface area (TPSA) is 113 Å². The van der Waals surface area contributed by atoms with E-state index in [1.54, 1.807) is 0 Å². The third kappa shape index (κ3) is 1.76. The molecule has 0 aliphatic carbocycles. The molecule has 1 aromatic carbocycles. The summed E-state index contributed by atoms with van der Waals surface area (Å²) in [5, 5.41) is 15.7. The SMILES string of the molecule is N=C(N)c1cc(C(=O)O)ccc1N. The highest BCUT2D eigenvalue weighted by molar-refractivity contribution is 6.02. The smallest absolute Gasteiger partial charge is 0.335 e. The maximum absolute atomic E-state index is 10.5. The number of nitrogen functional groups attached to an aromatic ring is 2. The van der Waals surface area contributed by atoms with Gasteiger partial charge in [0, 0.05) is 11.3 Å². The minimum Gasteiger partial charge on any atom is -0.478 e. The molecule has 0 saturated carbocycles. The number of hydrogen-bond donors (Lipinski definition) is 4. The van der Waals surface area contributed by atoms with Gasteiger partial charge < -0.3 is 16.6 Å². The molecule has 0 radical (unpaired) electrons. The highest BCUT2D eigenvalue weighted by Crippen LogP contribution is 2.13. The van der Waals surface area contributed by atoms with Crippen LogP contribution in [0, 0.1) is 5.41 Å². The van der Waals surface area contributed by atoms with Crippen molar-refractivity contribution in [3.63, 3.8) is 0 Å². The number of hydrogen-bond acceptors (Lipinski definition) is 3. The molecule has 0 aliphatic heterocycles. The van der Waals surface area contributed by atoms with Gasteiger partial charge in [-0.1, -0.05) is 0 Å². The molecule has 5 heteroatoms. The number of amidine groups is 1. The van der Waals surface area contributed by atoms with Crippen LogP contribution in [0.3, 0.4) is 0 Å². The summed E-state index contributed by atoms with van der Waals surface area (Å²) in [5.41, 5.74) is 11.3. The summed E-state index contributed by atoms with van der Waals surface area (Å²) in [6.07, 6.45) is 0. The molecule has 0 heterocycles. The van der Waals surface area contributed by atoms with Crippen LogP contribution in [0.25, 0.3) is 0 Å². The Labute approximate surface area is 74.5 Å². The summed E-state index contributed by atoms with van der Waals surface area (Å²) < 4.78 is 0. The number of carbonyl (C=O) groups is 1. The van der Waals surface area contributed by atoms with Crippen LogP contribution < -0.4 is 11.5 Å². The van der Waals surface area contributed by atoms with Crippen molar-refractivity contribution < 1.29 is 9.90 Å². The largest absolute Gasteiger partial charge is 0.478 e. The Bertz CT molecular complexity index is 374. The van der Waals surface area contributed by atoms with Gasteiger partial charge in [-0.15, -0.1) is 0 Å². The molecule has 0 spiro atoms. The Morgan fingerprint density at radius 1 is 1.46 bits per heavy atom. The van der Waals surface area contributed by atoms with E-state index in [1.807, 2.05) is 0 Å². The van der Waals surface area contributed by atoms with Crippen LogP contribution in [-0.4, -0.2) is 16.9 Å². The van der Waals surface area contributed by atoms with Gasteiger partial charge in [0.05, 0.1) is 5.56 Å². The quantitative estimate of drug-likeness (QED) is 0.296. The number of anilines is 1. The Hall–Kier alpha value is -2.04. The Kier molecular flexibility index (Phi) is 2.19. The Morgan fingerprint density at radius 2 is 2.08 bits per heavy atom. The minimum atomic E-state index is -1.07. The second-order valence-electron chi connectivity index (χ2n) is 2.52. The lowest BCUT2D eigenvalue weighted by Gasteiger charge is -2.03. The van der Waals surface area contributed by atoms with Crippen LogP contribution >= 0.6 is 0 Å². The molecule has 0 unspecified atom stereocenters. The van der Waals surface area contributed by atoms with E-state index < -0.39 is 5.97 Å². The fourth-order valence-electron chi connectivity index (χ4n) is 0.923. The number of nitrogens with one attached hydrogen (secondary N) is 1. The molecular formula is C8H9N3O2. The standard InChI is InChI=1S/C8H9N3O2/c9-6-2-1-4(8(12)13)3-5(6)7(10)11/h1-3H,9H2,(H3,10,11)(H,12,13). The second-order valence-corrected chi connectivity index (χ2v) is 2.52. The minimum absolute atomic E-state index is 0.0689. The molecule has 1 rings (SSSR count). The Morgan fingerprint density at radius 3 is 2.54 bits per heavy atom. The van der Waals surface area contributed by atoms with Crippen molar-refractivity contribution in [2.45, 2.75) is 0 Å². The average Bonchev–Trinajstić information content (AvgIpc) is 2.04. The monoisotopic (exact) mass is 179 g/mol. The summed E-state index contributed by atoms with van der Waals surface area (Å²) in [4.78, 5) is 10.5. The van der Waals surface area contributed by atoms with Gasteiger partial charge in [0.15, 0.2) is 0 Å². The molecule has 6 N–H and O–H groups in total. The molecule has 0 saturated heterocycles. The number of carboxylic acid groups (broad SMARTS) is 1. The third-order valence-electron chi connectivity index (χ3n) is 1.59. The molecule has 5 nitrogen and oxygen atoms in total. The third-order valence-corrected chi connectivity index (χ3v) is 1.59. The summed E-state index contributed by atoms with van der Waals surface area (Å²) in [6, 6.07) is 4.06. The zero-order valence-corrected chi connectivity index (χ0v) is 6.74. The number of aromatic carboxylic acids is 1. The Balaban J connectivity index is 3.27. The van der Waals surface area contributed by atoms with Crippen LogP contribution in [0.5, 0.6) is 0 Å². The fraction of sp³-hybridized carbons (Fsp3) is 0. The first-order chi connectivity index (χ1) is 6.02. The molecule has 0 aliphatic rings. The van der Waals surface area contributed by atoms with Gasteiger partial charge in [-0.2, -0.15) is 0 Å². The lowest BCUT2D eigenvalue weighted by atomic mass is 10.1. The molecular weight excluding hydrogens is 170 g/mol. The lowest BCUT2D eigenvalue weighted by molar-refractivity contribution is 0.0697. The molecule has 0 amide bonds. The van der Waals surface area contributed by atoms with E-state index in [0.29, 0.717) is 5.69 Å². The summed E-state index contributed by atoms with van der Waals surface area (Å²) in [7, 11) is 0. The molecule has 0 aromatic heterocycles. The predicted molar refractivity (Wildman–Crippen MR) is 48.8 cm³/mol. The highest BCUT2D eigenvalue weighted by Gasteiger charge is 2.07. The van der Waals surface area contributed by atoms with Crippen molar-refractivity contribution in [1.82, 2.24) is 0 Å². The second kappa shape index (κ2) is 3.14. The summed E-state index contributed by atoms with van der Waals surface area (Å²) >= 11 is 0. The number of nitrogens with two attached hydrogens (primary N) is 2. The molecule has 0 bridgehead atoms. The summed E-state index contributed by atoms with van der Waals surface area (Å²) in [6.45, 7) is 0. The lowest BCUT2D eigenvalue weighted by Crippen LogP contribution is -2.14. The van der Waals surface area contributed by atoms with Crippen LogP contribution in [0.15, 0.2) is 18.2 Å². The van der Waals surface area contributed by atoms with Crippen LogP contribution in [-0.2, 0) is 0 Å². The van der Waals surface area contributed by atoms with E-state index in [-0.39, 0.29) is 17.0 Å². The number of rotatable bonds is 2. The fourth-order valence-corrected chi connectivity index (χ4v) is 0.923. The molecule has 0 atom stereocenters. The van der Waals surface area contributed by atoms with Gasteiger partial charge in [-0.3, -0.25) is 5.41 Å². The van der Waals surface area contributed by atoms with Gasteiger partial charge in [-0.05, 0) is 18.2 Å². The van der Waals surface area contributed by atoms with Gasteiger partial charge >= 0.3 is 5.97 Å². The highest BCUT2D eigenvalue weighted by atomic mass is 16.4. The van der Waals surface area contributed by atoms with E-state index in [9.17, 15) is 4.79 Å².